The molecule has 0 saturated heterocycles. The van der Waals surface area contributed by atoms with Gasteiger partial charge in [-0.05, 0) is 67.9 Å². The summed E-state index contributed by atoms with van der Waals surface area (Å²) in [5.74, 6) is 2.97. The van der Waals surface area contributed by atoms with Crippen LogP contribution in [0, 0.1) is 13.8 Å². The molecule has 37 heavy (non-hydrogen) atoms. The minimum atomic E-state index is -0.263. The predicted molar refractivity (Wildman–Crippen MR) is 147 cm³/mol. The molecule has 7 nitrogen and oxygen atoms in total. The summed E-state index contributed by atoms with van der Waals surface area (Å²) in [7, 11) is 0. The maximum absolute atomic E-state index is 6.04. The van der Waals surface area contributed by atoms with Crippen molar-refractivity contribution in [2.45, 2.75) is 19.9 Å². The molecular formula is C30H24N6O. The van der Waals surface area contributed by atoms with E-state index in [0.29, 0.717) is 11.7 Å². The Hall–Kier alpha value is -4.91. The topological polar surface area (TPSA) is 71.0 Å². The van der Waals surface area contributed by atoms with Crippen LogP contribution >= 0.6 is 0 Å². The maximum Gasteiger partial charge on any atom is 0.179 e. The number of hydrogen-bond acceptors (Lipinski definition) is 6. The molecule has 0 spiro atoms. The first kappa shape index (κ1) is 21.4. The normalized spacial score (nSPS) is 15.8. The Kier molecular flexibility index (Phi) is 4.82. The molecule has 5 aromatic rings. The van der Waals surface area contributed by atoms with Crippen molar-refractivity contribution in [2.24, 2.45) is 9.98 Å². The highest BCUT2D eigenvalue weighted by Gasteiger charge is 2.42. The lowest BCUT2D eigenvalue weighted by Gasteiger charge is -2.39. The second-order valence-corrected chi connectivity index (χ2v) is 9.24. The van der Waals surface area contributed by atoms with Crippen molar-refractivity contribution in [3.05, 3.63) is 120 Å². The molecule has 0 aliphatic carbocycles. The van der Waals surface area contributed by atoms with Crippen LogP contribution in [0.4, 0.5) is 22.9 Å². The molecule has 0 unspecified atom stereocenters. The quantitative estimate of drug-likeness (QED) is 0.303. The van der Waals surface area contributed by atoms with Gasteiger partial charge < -0.3 is 14.6 Å². The minimum Gasteiger partial charge on any atom is -0.467 e. The fraction of sp³-hybridized carbons (Fsp3) is 0.100. The number of aromatic nitrogens is 2. The molecule has 180 valence electrons. The van der Waals surface area contributed by atoms with E-state index in [-0.39, 0.29) is 6.04 Å². The molecule has 1 N–H and O–H groups in total. The van der Waals surface area contributed by atoms with Crippen LogP contribution in [0.2, 0.25) is 0 Å². The highest BCUT2D eigenvalue weighted by molar-refractivity contribution is 6.51. The van der Waals surface area contributed by atoms with Gasteiger partial charge in [0, 0.05) is 5.69 Å². The van der Waals surface area contributed by atoms with Crippen LogP contribution in [0.15, 0.2) is 112 Å². The smallest absolute Gasteiger partial charge is 0.179 e. The van der Waals surface area contributed by atoms with Gasteiger partial charge in [0.1, 0.15) is 11.8 Å². The van der Waals surface area contributed by atoms with E-state index in [2.05, 4.69) is 35.3 Å². The zero-order valence-corrected chi connectivity index (χ0v) is 20.5. The number of nitrogens with zero attached hydrogens (tertiary/aromatic N) is 5. The lowest BCUT2D eigenvalue weighted by Crippen LogP contribution is -2.46. The summed E-state index contributed by atoms with van der Waals surface area (Å²) in [5, 5.41) is 8.48. The summed E-state index contributed by atoms with van der Waals surface area (Å²) in [5.41, 5.74) is 6.81. The lowest BCUT2D eigenvalue weighted by molar-refractivity contribution is 0.487. The number of nitrogens with one attached hydrogen (secondary N) is 1. The molecule has 7 heteroatoms. The first-order valence-electron chi connectivity index (χ1n) is 12.3. The number of fused-ring (bicyclic) bond motifs is 4. The predicted octanol–water partition coefficient (Wildman–Crippen LogP) is 6.88. The van der Waals surface area contributed by atoms with Gasteiger partial charge in [-0.3, -0.25) is 0 Å². The minimum absolute atomic E-state index is 0.263. The van der Waals surface area contributed by atoms with E-state index in [0.717, 1.165) is 51.1 Å². The van der Waals surface area contributed by atoms with Gasteiger partial charge >= 0.3 is 0 Å². The van der Waals surface area contributed by atoms with Crippen LogP contribution in [-0.2, 0) is 0 Å². The second kappa shape index (κ2) is 8.34. The Morgan fingerprint density at radius 1 is 0.838 bits per heavy atom. The van der Waals surface area contributed by atoms with E-state index in [1.807, 2.05) is 84.4 Å². The largest absolute Gasteiger partial charge is 0.467 e. The third kappa shape index (κ3) is 3.47. The summed E-state index contributed by atoms with van der Waals surface area (Å²) in [6.07, 6.45) is 1.72. The van der Waals surface area contributed by atoms with E-state index in [9.17, 15) is 0 Å². The van der Waals surface area contributed by atoms with Crippen LogP contribution in [0.1, 0.15) is 28.6 Å². The molecule has 2 aliphatic rings. The number of benzene rings is 3. The third-order valence-corrected chi connectivity index (χ3v) is 6.73. The Balaban J connectivity index is 1.49. The number of para-hydroxylation sites is 3. The number of rotatable bonds is 3. The summed E-state index contributed by atoms with van der Waals surface area (Å²) in [6, 6.07) is 30.2. The molecule has 2 aliphatic heterocycles. The first-order valence-corrected chi connectivity index (χ1v) is 12.3. The van der Waals surface area contributed by atoms with E-state index >= 15 is 0 Å². The molecule has 4 heterocycles. The summed E-state index contributed by atoms with van der Waals surface area (Å²) >= 11 is 0. The Labute approximate surface area is 214 Å². The SMILES string of the molecule is Cc1cccc(NC2=Nc3ccccc3N3C2=Nc2c(c(C)nn2-c2ccccc2)[C@H]3c2ccco2)c1. The summed E-state index contributed by atoms with van der Waals surface area (Å²) in [6.45, 7) is 4.11. The molecule has 0 radical (unpaired) electrons. The fourth-order valence-corrected chi connectivity index (χ4v) is 5.12. The van der Waals surface area contributed by atoms with Gasteiger partial charge in [-0.15, -0.1) is 0 Å². The highest BCUT2D eigenvalue weighted by atomic mass is 16.3. The summed E-state index contributed by atoms with van der Waals surface area (Å²) < 4.78 is 7.95. The van der Waals surface area contributed by atoms with E-state index < -0.39 is 0 Å². The number of amidine groups is 2. The van der Waals surface area contributed by atoms with Crippen LogP contribution < -0.4 is 10.2 Å². The molecule has 2 aromatic heterocycles. The van der Waals surface area contributed by atoms with Crippen molar-refractivity contribution in [2.75, 3.05) is 10.2 Å². The van der Waals surface area contributed by atoms with Crippen molar-refractivity contribution in [3.8, 4) is 5.69 Å². The van der Waals surface area contributed by atoms with Gasteiger partial charge in [-0.1, -0.05) is 42.5 Å². The molecule has 0 bridgehead atoms. The zero-order valence-electron chi connectivity index (χ0n) is 20.5. The maximum atomic E-state index is 6.04. The van der Waals surface area contributed by atoms with Gasteiger partial charge in [0.05, 0.1) is 34.6 Å². The summed E-state index contributed by atoms with van der Waals surface area (Å²) in [4.78, 5) is 12.5. The highest BCUT2D eigenvalue weighted by Crippen LogP contribution is 2.48. The van der Waals surface area contributed by atoms with Crippen LogP contribution in [0.5, 0.6) is 0 Å². The van der Waals surface area contributed by atoms with Gasteiger partial charge in [-0.2, -0.15) is 5.10 Å². The number of aryl methyl sites for hydroxylation is 2. The Morgan fingerprint density at radius 3 is 2.49 bits per heavy atom. The van der Waals surface area contributed by atoms with Crippen molar-refractivity contribution < 1.29 is 4.42 Å². The standard InChI is InChI=1S/C30H24N6O/c1-19-10-8-11-21(18-19)31-28-30-33-29-26(20(2)34-36(29)22-12-4-3-5-13-22)27(25-16-9-17-37-25)35(30)24-15-7-6-14-23(24)32-28/h3-18,27H,1-2H3,(H,31,32)/t27-/m1/s1. The first-order chi connectivity index (χ1) is 18.2. The van der Waals surface area contributed by atoms with Crippen LogP contribution in [0.3, 0.4) is 0 Å². The monoisotopic (exact) mass is 484 g/mol. The van der Waals surface area contributed by atoms with Crippen LogP contribution in [0.25, 0.3) is 5.69 Å². The third-order valence-electron chi connectivity index (χ3n) is 6.73. The van der Waals surface area contributed by atoms with Gasteiger partial charge in [0.15, 0.2) is 17.5 Å². The molecule has 0 fully saturated rings. The number of furan rings is 1. The van der Waals surface area contributed by atoms with E-state index in [4.69, 9.17) is 19.5 Å². The number of aliphatic imine (C=N–C) groups is 2. The van der Waals surface area contributed by atoms with Crippen LogP contribution in [-0.4, -0.2) is 21.5 Å². The molecule has 7 rings (SSSR count). The molecule has 1 atom stereocenters. The fourth-order valence-electron chi connectivity index (χ4n) is 5.12. The number of anilines is 2. The van der Waals surface area contributed by atoms with Gasteiger partial charge in [0.2, 0.25) is 0 Å². The molecule has 0 amide bonds. The Morgan fingerprint density at radius 2 is 1.68 bits per heavy atom. The van der Waals surface area contributed by atoms with E-state index in [1.165, 1.54) is 0 Å². The van der Waals surface area contributed by atoms with Gasteiger partial charge in [-0.25, -0.2) is 14.7 Å². The van der Waals surface area contributed by atoms with E-state index in [1.54, 1.807) is 6.26 Å². The molecule has 0 saturated carbocycles. The van der Waals surface area contributed by atoms with Crippen molar-refractivity contribution >= 4 is 34.6 Å². The molecule has 3 aromatic carbocycles. The zero-order chi connectivity index (χ0) is 24.9. The average Bonchev–Trinajstić information content (AvgIpc) is 3.57. The van der Waals surface area contributed by atoms with Crippen molar-refractivity contribution in [3.63, 3.8) is 0 Å². The molecular weight excluding hydrogens is 460 g/mol. The second-order valence-electron chi connectivity index (χ2n) is 9.24. The number of hydrogen-bond donors (Lipinski definition) is 1. The lowest BCUT2D eigenvalue weighted by atomic mass is 9.98. The Bertz CT molecular complexity index is 1680. The van der Waals surface area contributed by atoms with Crippen molar-refractivity contribution in [1.29, 1.82) is 0 Å². The van der Waals surface area contributed by atoms with Crippen molar-refractivity contribution in [1.82, 2.24) is 9.78 Å². The van der Waals surface area contributed by atoms with Gasteiger partial charge in [0.25, 0.3) is 0 Å². The average molecular weight is 485 g/mol.